The first kappa shape index (κ1) is 21.8. The highest BCUT2D eigenvalue weighted by atomic mass is 35.5. The van der Waals surface area contributed by atoms with Crippen LogP contribution in [0.15, 0.2) is 29.3 Å². The van der Waals surface area contributed by atoms with E-state index in [-0.39, 0.29) is 12.5 Å². The monoisotopic (exact) mass is 418 g/mol. The highest BCUT2D eigenvalue weighted by Gasteiger charge is 2.32. The van der Waals surface area contributed by atoms with Gasteiger partial charge in [0.25, 0.3) is 6.47 Å². The van der Waals surface area contributed by atoms with E-state index in [0.717, 1.165) is 27.4 Å². The van der Waals surface area contributed by atoms with Gasteiger partial charge in [-0.05, 0) is 44.9 Å². The Labute approximate surface area is 173 Å². The van der Waals surface area contributed by atoms with E-state index in [1.165, 1.54) is 4.88 Å². The largest absolute Gasteiger partial charge is 0.483 e. The van der Waals surface area contributed by atoms with Gasteiger partial charge < -0.3 is 5.11 Å². The number of aliphatic imine (C=N–C) groups is 1. The molecule has 1 aromatic carbocycles. The van der Waals surface area contributed by atoms with Crippen molar-refractivity contribution < 1.29 is 9.90 Å². The zero-order valence-electron chi connectivity index (χ0n) is 16.2. The molecule has 1 aliphatic rings. The lowest BCUT2D eigenvalue weighted by atomic mass is 10.00. The van der Waals surface area contributed by atoms with Crippen LogP contribution in [-0.2, 0) is 4.79 Å². The van der Waals surface area contributed by atoms with Crippen LogP contribution < -0.4 is 4.90 Å². The molecular weight excluding hydrogens is 396 g/mol. The molecule has 2 heterocycles. The van der Waals surface area contributed by atoms with Crippen LogP contribution in [0.3, 0.4) is 0 Å². The minimum Gasteiger partial charge on any atom is -0.483 e. The third-order valence-corrected chi connectivity index (χ3v) is 5.93. The van der Waals surface area contributed by atoms with E-state index >= 15 is 0 Å². The van der Waals surface area contributed by atoms with E-state index in [0.29, 0.717) is 23.1 Å². The molecule has 0 fully saturated rings. The highest BCUT2D eigenvalue weighted by molar-refractivity contribution is 7.17. The minimum absolute atomic E-state index is 0.250. The van der Waals surface area contributed by atoms with E-state index in [4.69, 9.17) is 37.3 Å². The maximum atomic E-state index is 8.63. The zero-order valence-corrected chi connectivity index (χ0v) is 17.8. The number of thiophene rings is 1. The van der Waals surface area contributed by atoms with Crippen molar-refractivity contribution in [3.8, 4) is 0 Å². The Kier molecular flexibility index (Phi) is 7.10. The molecule has 1 aromatic heterocycles. The van der Waals surface area contributed by atoms with Gasteiger partial charge in [-0.2, -0.15) is 0 Å². The second-order valence-corrected chi connectivity index (χ2v) is 7.92. The first-order chi connectivity index (χ1) is 13.3. The number of anilines is 1. The molecule has 3 N–H and O–H groups in total. The van der Waals surface area contributed by atoms with Crippen molar-refractivity contribution in [2.75, 3.05) is 4.90 Å². The summed E-state index contributed by atoms with van der Waals surface area (Å²) in [6, 6.07) is 7.40. The number of benzene rings is 1. The summed E-state index contributed by atoms with van der Waals surface area (Å²) >= 11 is 7.68. The van der Waals surface area contributed by atoms with Gasteiger partial charge in [0.2, 0.25) is 0 Å². The quantitative estimate of drug-likeness (QED) is 0.358. The number of hydrogen-bond acceptors (Lipinski definition) is 5. The molecule has 0 saturated carbocycles. The number of nitrogens with zero attached hydrogens (tertiary/aromatic N) is 2. The van der Waals surface area contributed by atoms with E-state index in [9.17, 15) is 0 Å². The maximum Gasteiger partial charge on any atom is 0.290 e. The predicted octanol–water partition coefficient (Wildman–Crippen LogP) is 5.13. The van der Waals surface area contributed by atoms with Crippen LogP contribution >= 0.6 is 22.9 Å². The molecule has 148 valence electrons. The summed E-state index contributed by atoms with van der Waals surface area (Å²) in [5.74, 6) is 0.708. The Morgan fingerprint density at radius 3 is 2.43 bits per heavy atom. The average Bonchev–Trinajstić information content (AvgIpc) is 2.85. The Balaban J connectivity index is 0.000000878. The molecular formula is C20H23ClN4O2S. The standard InChI is InChI=1S/C19H21ClN4S.CH2O2/c1-5-15-18(22)24(12(4)21)19-16(10(2)11(3)25-19)17(23-15)13-6-8-14(20)9-7-13;2-1-3/h6-9,15,21-22H,5H2,1-4H3;1H,(H,2,3). The highest BCUT2D eigenvalue weighted by Crippen LogP contribution is 2.40. The molecule has 1 unspecified atom stereocenters. The van der Waals surface area contributed by atoms with E-state index in [1.807, 2.05) is 31.2 Å². The number of rotatable bonds is 2. The Morgan fingerprint density at radius 2 is 1.93 bits per heavy atom. The summed E-state index contributed by atoms with van der Waals surface area (Å²) in [4.78, 5) is 16.2. The van der Waals surface area contributed by atoms with Gasteiger partial charge in [0.15, 0.2) is 0 Å². The molecule has 0 aliphatic carbocycles. The normalized spacial score (nSPS) is 15.8. The Hall–Kier alpha value is -2.51. The zero-order chi connectivity index (χ0) is 21.0. The molecule has 6 nitrogen and oxygen atoms in total. The molecule has 3 rings (SSSR count). The molecule has 0 radical (unpaired) electrons. The summed E-state index contributed by atoms with van der Waals surface area (Å²) in [6.45, 7) is 7.66. The minimum atomic E-state index is -0.273. The lowest BCUT2D eigenvalue weighted by Crippen LogP contribution is -2.39. The number of nitrogens with one attached hydrogen (secondary N) is 2. The van der Waals surface area contributed by atoms with Crippen LogP contribution in [0.5, 0.6) is 0 Å². The van der Waals surface area contributed by atoms with Gasteiger partial charge in [0.1, 0.15) is 22.7 Å². The van der Waals surface area contributed by atoms with Crippen LogP contribution in [0.4, 0.5) is 5.00 Å². The van der Waals surface area contributed by atoms with E-state index in [1.54, 1.807) is 23.2 Å². The van der Waals surface area contributed by atoms with Gasteiger partial charge in [0.05, 0.1) is 5.71 Å². The number of hydrogen-bond donors (Lipinski definition) is 3. The molecule has 0 bridgehead atoms. The summed E-state index contributed by atoms with van der Waals surface area (Å²) in [5.41, 5.74) is 4.05. The van der Waals surface area contributed by atoms with Crippen molar-refractivity contribution in [1.29, 1.82) is 10.8 Å². The van der Waals surface area contributed by atoms with Crippen molar-refractivity contribution in [2.45, 2.75) is 40.2 Å². The van der Waals surface area contributed by atoms with Crippen LogP contribution in [0.1, 0.15) is 41.8 Å². The fraction of sp³-hybridized carbons (Fsp3) is 0.300. The number of amidine groups is 2. The predicted molar refractivity (Wildman–Crippen MR) is 117 cm³/mol. The van der Waals surface area contributed by atoms with Gasteiger partial charge in [-0.15, -0.1) is 11.3 Å². The summed E-state index contributed by atoms with van der Waals surface area (Å²) in [7, 11) is 0. The third-order valence-electron chi connectivity index (χ3n) is 4.49. The lowest BCUT2D eigenvalue weighted by molar-refractivity contribution is -0.122. The molecule has 0 spiro atoms. The first-order valence-electron chi connectivity index (χ1n) is 8.72. The number of carbonyl (C=O) groups is 1. The van der Waals surface area contributed by atoms with E-state index < -0.39 is 0 Å². The Bertz CT molecular complexity index is 934. The summed E-state index contributed by atoms with van der Waals surface area (Å²) in [6.07, 6.45) is 0.715. The van der Waals surface area contributed by atoms with Crippen molar-refractivity contribution in [3.05, 3.63) is 50.9 Å². The smallest absolute Gasteiger partial charge is 0.290 e. The van der Waals surface area contributed by atoms with Crippen molar-refractivity contribution in [3.63, 3.8) is 0 Å². The first-order valence-corrected chi connectivity index (χ1v) is 9.91. The maximum absolute atomic E-state index is 8.63. The molecule has 2 aromatic rings. The molecule has 28 heavy (non-hydrogen) atoms. The average molecular weight is 419 g/mol. The van der Waals surface area contributed by atoms with Crippen molar-refractivity contribution in [2.24, 2.45) is 4.99 Å². The van der Waals surface area contributed by atoms with Crippen LogP contribution in [0, 0.1) is 24.7 Å². The second kappa shape index (κ2) is 9.12. The Morgan fingerprint density at radius 1 is 1.36 bits per heavy atom. The summed E-state index contributed by atoms with van der Waals surface area (Å²) < 4.78 is 0. The van der Waals surface area contributed by atoms with Gasteiger partial charge in [-0.1, -0.05) is 30.7 Å². The number of carboxylic acid groups (broad SMARTS) is 1. The van der Waals surface area contributed by atoms with Gasteiger partial charge in [0, 0.05) is 21.0 Å². The van der Waals surface area contributed by atoms with E-state index in [2.05, 4.69) is 13.8 Å². The third kappa shape index (κ3) is 4.15. The van der Waals surface area contributed by atoms with Gasteiger partial charge in [-0.3, -0.25) is 25.5 Å². The lowest BCUT2D eigenvalue weighted by Gasteiger charge is -2.24. The summed E-state index contributed by atoms with van der Waals surface area (Å²) in [5, 5.41) is 25.3. The molecule has 0 amide bonds. The van der Waals surface area contributed by atoms with Crippen molar-refractivity contribution in [1.82, 2.24) is 0 Å². The van der Waals surface area contributed by atoms with Crippen LogP contribution in [0.25, 0.3) is 0 Å². The number of halogens is 1. The molecule has 1 aliphatic heterocycles. The van der Waals surface area contributed by atoms with Gasteiger partial charge >= 0.3 is 0 Å². The fourth-order valence-corrected chi connectivity index (χ4v) is 4.38. The molecule has 8 heteroatoms. The second-order valence-electron chi connectivity index (χ2n) is 6.28. The van der Waals surface area contributed by atoms with Gasteiger partial charge in [-0.25, -0.2) is 0 Å². The fourth-order valence-electron chi connectivity index (χ4n) is 3.03. The topological polar surface area (TPSA) is 101 Å². The number of aryl methyl sites for hydroxylation is 1. The van der Waals surface area contributed by atoms with Crippen LogP contribution in [-0.4, -0.2) is 35.0 Å². The van der Waals surface area contributed by atoms with Crippen molar-refractivity contribution >= 4 is 51.8 Å². The molecule has 0 saturated heterocycles. The SMILES string of the molecule is CCC1N=C(c2ccc(Cl)cc2)c2c(sc(C)c2C)N(C(C)=N)C1=N.O=CO. The van der Waals surface area contributed by atoms with Crippen LogP contribution in [0.2, 0.25) is 5.02 Å². The number of fused-ring (bicyclic) bond motifs is 1. The molecule has 1 atom stereocenters.